The van der Waals surface area contributed by atoms with Gasteiger partial charge in [0.1, 0.15) is 6.54 Å². The number of nitrogens with zero attached hydrogens (tertiary/aromatic N) is 4. The molecule has 8 nitrogen and oxygen atoms in total. The third kappa shape index (κ3) is 3.14. The smallest absolute Gasteiger partial charge is 0.251 e. The van der Waals surface area contributed by atoms with E-state index in [0.717, 1.165) is 36.3 Å². The summed E-state index contributed by atoms with van der Waals surface area (Å²) < 4.78 is 12.0. The van der Waals surface area contributed by atoms with E-state index in [9.17, 15) is 4.79 Å². The lowest BCUT2D eigenvalue weighted by atomic mass is 10.2. The predicted molar refractivity (Wildman–Crippen MR) is 98.7 cm³/mol. The number of rotatable bonds is 4. The van der Waals surface area contributed by atoms with Gasteiger partial charge in [-0.15, -0.1) is 21.5 Å². The van der Waals surface area contributed by atoms with Crippen LogP contribution in [0.3, 0.4) is 0 Å². The third-order valence-electron chi connectivity index (χ3n) is 4.66. The normalized spacial score (nSPS) is 16.7. The van der Waals surface area contributed by atoms with E-state index in [1.54, 1.807) is 12.1 Å². The minimum absolute atomic E-state index is 0.0171. The van der Waals surface area contributed by atoms with Gasteiger partial charge >= 0.3 is 0 Å². The molecule has 0 atom stereocenters. The van der Waals surface area contributed by atoms with Crippen molar-refractivity contribution in [1.82, 2.24) is 20.2 Å². The van der Waals surface area contributed by atoms with Crippen molar-refractivity contribution in [3.8, 4) is 22.2 Å². The summed E-state index contributed by atoms with van der Waals surface area (Å²) >= 11 is 1.53. The molecule has 1 aliphatic carbocycles. The van der Waals surface area contributed by atoms with E-state index in [2.05, 4.69) is 20.7 Å². The lowest BCUT2D eigenvalue weighted by Crippen LogP contribution is -2.34. The fourth-order valence-electron chi connectivity index (χ4n) is 3.43. The monoisotopic (exact) mass is 383 g/mol. The van der Waals surface area contributed by atoms with Crippen molar-refractivity contribution in [2.45, 2.75) is 38.0 Å². The van der Waals surface area contributed by atoms with Crippen LogP contribution < -0.4 is 14.8 Å². The topological polar surface area (TPSA) is 91.2 Å². The van der Waals surface area contributed by atoms with Crippen LogP contribution in [0.4, 0.5) is 5.69 Å². The van der Waals surface area contributed by atoms with Crippen LogP contribution in [-0.2, 0) is 11.3 Å². The van der Waals surface area contributed by atoms with Crippen molar-refractivity contribution in [3.63, 3.8) is 0 Å². The lowest BCUT2D eigenvalue weighted by Gasteiger charge is -2.21. The number of ether oxygens (including phenoxy) is 2. The Labute approximate surface area is 159 Å². The molecule has 2 aromatic heterocycles. The lowest BCUT2D eigenvalue weighted by molar-refractivity contribution is -0.117. The molecule has 3 aromatic rings. The van der Waals surface area contributed by atoms with Crippen molar-refractivity contribution in [2.75, 3.05) is 5.32 Å². The Hall–Kier alpha value is -2.94. The number of carbonyl (C=O) groups is 1. The molecule has 1 fully saturated rings. The Balaban J connectivity index is 1.24. The average molecular weight is 383 g/mol. The van der Waals surface area contributed by atoms with Crippen molar-refractivity contribution < 1.29 is 14.3 Å². The third-order valence-corrected chi connectivity index (χ3v) is 5.53. The molecule has 1 aromatic carbocycles. The van der Waals surface area contributed by atoms with E-state index in [-0.39, 0.29) is 12.5 Å². The van der Waals surface area contributed by atoms with Crippen LogP contribution in [0.2, 0.25) is 0 Å². The Bertz CT molecular complexity index is 979. The second-order valence-corrected chi connectivity index (χ2v) is 7.60. The van der Waals surface area contributed by atoms with Crippen LogP contribution in [0.1, 0.15) is 25.7 Å². The molecule has 0 saturated heterocycles. The predicted octanol–water partition coefficient (Wildman–Crippen LogP) is 3.08. The average Bonchev–Trinajstić information content (AvgIpc) is 3.41. The Morgan fingerprint density at radius 3 is 2.89 bits per heavy atom. The Morgan fingerprint density at radius 1 is 1.22 bits per heavy atom. The zero-order valence-corrected chi connectivity index (χ0v) is 15.2. The van der Waals surface area contributed by atoms with Gasteiger partial charge in [-0.05, 0) is 41.6 Å². The van der Waals surface area contributed by atoms with Crippen molar-refractivity contribution in [3.05, 3.63) is 35.7 Å². The van der Waals surface area contributed by atoms with Gasteiger partial charge in [-0.25, -0.2) is 0 Å². The quantitative estimate of drug-likeness (QED) is 0.744. The van der Waals surface area contributed by atoms with Crippen LogP contribution >= 0.6 is 11.3 Å². The molecule has 27 heavy (non-hydrogen) atoms. The van der Waals surface area contributed by atoms with Gasteiger partial charge in [0, 0.05) is 24.6 Å². The summed E-state index contributed by atoms with van der Waals surface area (Å²) in [7, 11) is 0. The molecule has 1 aliphatic heterocycles. The van der Waals surface area contributed by atoms with Crippen LogP contribution in [0.5, 0.6) is 11.5 Å². The number of amides is 1. The van der Waals surface area contributed by atoms with Crippen molar-refractivity contribution in [1.29, 1.82) is 0 Å². The number of aromatic nitrogens is 4. The Kier molecular flexibility index (Phi) is 3.82. The number of nitrogens with one attached hydrogen (secondary N) is 1. The molecular formula is C18H17N5O3S. The number of fused-ring (bicyclic) bond motifs is 1. The summed E-state index contributed by atoms with van der Waals surface area (Å²) in [4.78, 5) is 14.5. The summed E-state index contributed by atoms with van der Waals surface area (Å²) in [5.74, 6) is 1.18. The fraction of sp³-hybridized carbons (Fsp3) is 0.333. The van der Waals surface area contributed by atoms with Gasteiger partial charge in [-0.1, -0.05) is 6.07 Å². The van der Waals surface area contributed by atoms with Gasteiger partial charge in [-0.2, -0.15) is 4.80 Å². The minimum Gasteiger partial charge on any atom is -0.448 e. The molecule has 3 heterocycles. The maximum Gasteiger partial charge on any atom is 0.251 e. The Morgan fingerprint density at radius 2 is 2.07 bits per heavy atom. The first kappa shape index (κ1) is 16.2. The molecule has 1 spiro atoms. The second kappa shape index (κ2) is 6.34. The van der Waals surface area contributed by atoms with Gasteiger partial charge in [0.05, 0.1) is 4.88 Å². The number of carbonyl (C=O) groups excluding carboxylic acids is 1. The molecule has 5 rings (SSSR count). The molecule has 1 saturated carbocycles. The SMILES string of the molecule is O=C(Cn1nnc(-c2cccs2)n1)Nc1ccc2c(c1)OC1(CCCC1)O2. The number of tetrazole rings is 1. The fourth-order valence-corrected chi connectivity index (χ4v) is 4.08. The van der Waals surface area contributed by atoms with Crippen LogP contribution in [-0.4, -0.2) is 31.9 Å². The standard InChI is InChI=1S/C18H17N5O3S/c24-16(11-23-21-17(20-22-23)15-4-3-9-27-15)19-12-5-6-13-14(10-12)26-18(25-13)7-1-2-8-18/h3-6,9-10H,1-2,7-8,11H2,(H,19,24). The molecule has 1 amide bonds. The number of hydrogen-bond donors (Lipinski definition) is 1. The highest BCUT2D eigenvalue weighted by Gasteiger charge is 2.44. The van der Waals surface area contributed by atoms with Gasteiger partial charge < -0.3 is 14.8 Å². The van der Waals surface area contributed by atoms with E-state index in [1.165, 1.54) is 16.1 Å². The number of thiophene rings is 1. The van der Waals surface area contributed by atoms with E-state index in [4.69, 9.17) is 9.47 Å². The van der Waals surface area contributed by atoms with Gasteiger partial charge in [-0.3, -0.25) is 4.79 Å². The first-order valence-corrected chi connectivity index (χ1v) is 9.71. The highest BCUT2D eigenvalue weighted by molar-refractivity contribution is 7.13. The van der Waals surface area contributed by atoms with Crippen molar-refractivity contribution >= 4 is 22.9 Å². The highest BCUT2D eigenvalue weighted by Crippen LogP contribution is 2.47. The summed E-state index contributed by atoms with van der Waals surface area (Å²) in [6.45, 7) is -0.0171. The first-order chi connectivity index (χ1) is 13.2. The van der Waals surface area contributed by atoms with E-state index in [1.807, 2.05) is 23.6 Å². The molecule has 1 N–H and O–H groups in total. The van der Waals surface area contributed by atoms with Crippen LogP contribution in [0, 0.1) is 0 Å². The van der Waals surface area contributed by atoms with Crippen LogP contribution in [0.15, 0.2) is 35.7 Å². The molecule has 138 valence electrons. The van der Waals surface area contributed by atoms with Crippen molar-refractivity contribution in [2.24, 2.45) is 0 Å². The second-order valence-electron chi connectivity index (χ2n) is 6.65. The molecule has 9 heteroatoms. The summed E-state index contributed by atoms with van der Waals surface area (Å²) in [6, 6.07) is 9.27. The largest absolute Gasteiger partial charge is 0.448 e. The van der Waals surface area contributed by atoms with Gasteiger partial charge in [0.15, 0.2) is 11.5 Å². The minimum atomic E-state index is -0.506. The van der Waals surface area contributed by atoms with Gasteiger partial charge in [0.2, 0.25) is 11.7 Å². The van der Waals surface area contributed by atoms with E-state index < -0.39 is 5.79 Å². The number of anilines is 1. The number of benzene rings is 1. The summed E-state index contributed by atoms with van der Waals surface area (Å²) in [6.07, 6.45) is 4.01. The first-order valence-electron chi connectivity index (χ1n) is 8.83. The highest BCUT2D eigenvalue weighted by atomic mass is 32.1. The van der Waals surface area contributed by atoms with Gasteiger partial charge in [0.25, 0.3) is 5.79 Å². The zero-order valence-electron chi connectivity index (χ0n) is 14.4. The zero-order chi connectivity index (χ0) is 18.3. The molecule has 0 radical (unpaired) electrons. The molecular weight excluding hydrogens is 366 g/mol. The maximum atomic E-state index is 12.3. The molecule has 2 aliphatic rings. The maximum absolute atomic E-state index is 12.3. The van der Waals surface area contributed by atoms with Crippen LogP contribution in [0.25, 0.3) is 10.7 Å². The van der Waals surface area contributed by atoms with E-state index >= 15 is 0 Å². The molecule has 0 bridgehead atoms. The summed E-state index contributed by atoms with van der Waals surface area (Å²) in [5, 5.41) is 16.9. The molecule has 0 unspecified atom stereocenters. The number of hydrogen-bond acceptors (Lipinski definition) is 7. The van der Waals surface area contributed by atoms with E-state index in [0.29, 0.717) is 17.3 Å². The summed E-state index contributed by atoms with van der Waals surface area (Å²) in [5.41, 5.74) is 0.649.